The Morgan fingerprint density at radius 3 is 1.71 bits per heavy atom. The monoisotopic (exact) mass is 1070 g/mol. The largest absolute Gasteiger partial charge is 0.486 e. The van der Waals surface area contributed by atoms with Crippen molar-refractivity contribution in [2.24, 2.45) is 0 Å². The first-order valence-corrected chi connectivity index (χ1v) is 24.2. The van der Waals surface area contributed by atoms with Crippen LogP contribution in [0.25, 0.3) is 45.3 Å². The van der Waals surface area contributed by atoms with Gasteiger partial charge in [-0.15, -0.1) is 0 Å². The second kappa shape index (κ2) is 20.1. The molecule has 8 rings (SSSR count). The molecule has 8 aromatic rings. The second-order valence-corrected chi connectivity index (χ2v) is 20.2. The molecule has 0 fully saturated rings. The summed E-state index contributed by atoms with van der Waals surface area (Å²) in [5, 5.41) is 21.9. The molecule has 8 aromatic heterocycles. The van der Waals surface area contributed by atoms with Crippen LogP contribution in [0.3, 0.4) is 0 Å². The molecule has 0 spiro atoms. The predicted molar refractivity (Wildman–Crippen MR) is 279 cm³/mol. The highest BCUT2D eigenvalue weighted by Gasteiger charge is 2.27. The van der Waals surface area contributed by atoms with Crippen molar-refractivity contribution in [3.63, 3.8) is 0 Å². The number of pyridine rings is 8. The molecule has 14 nitrogen and oxygen atoms in total. The van der Waals surface area contributed by atoms with Crippen molar-refractivity contribution in [2.75, 3.05) is 0 Å². The van der Waals surface area contributed by atoms with Crippen LogP contribution in [-0.4, -0.2) is 49.3 Å². The van der Waals surface area contributed by atoms with Crippen LogP contribution in [0.15, 0.2) is 93.4 Å². The van der Waals surface area contributed by atoms with Crippen LogP contribution in [0.5, 0.6) is 11.5 Å². The summed E-state index contributed by atoms with van der Waals surface area (Å²) in [6.45, 7) is 18.7. The molecule has 0 atom stereocenters. The van der Waals surface area contributed by atoms with Crippen LogP contribution in [0, 0.1) is 60.1 Å². The Kier molecular flexibility index (Phi) is 14.4. The van der Waals surface area contributed by atoms with Crippen LogP contribution in [0.2, 0.25) is 5.02 Å². The molecule has 0 saturated carbocycles. The lowest BCUT2D eigenvalue weighted by molar-refractivity contribution is 0.0734. The van der Waals surface area contributed by atoms with Gasteiger partial charge in [0.15, 0.2) is 0 Å². The number of hydrogen-bond donors (Lipinski definition) is 2. The number of halogens is 4. The number of aromatic nitrogens is 8. The fourth-order valence-corrected chi connectivity index (χ4v) is 8.95. The third kappa shape index (κ3) is 10.6. The highest BCUT2D eigenvalue weighted by Crippen LogP contribution is 2.38. The van der Waals surface area contributed by atoms with Gasteiger partial charge in [0.2, 0.25) is 0 Å². The Morgan fingerprint density at radius 1 is 0.589 bits per heavy atom. The summed E-state index contributed by atoms with van der Waals surface area (Å²) in [6.07, 6.45) is 5.43. The molecule has 73 heavy (non-hydrogen) atoms. The lowest BCUT2D eigenvalue weighted by atomic mass is 9.92. The van der Waals surface area contributed by atoms with Crippen LogP contribution in [-0.2, 0) is 24.4 Å². The minimum atomic E-state index is -1.49. The smallest absolute Gasteiger partial charge is 0.277 e. The molecule has 0 bridgehead atoms. The zero-order valence-electron chi connectivity index (χ0n) is 42.0. The van der Waals surface area contributed by atoms with E-state index < -0.39 is 34.0 Å². The molecule has 0 aromatic carbocycles. The Hall–Kier alpha value is -7.05. The molecular weight excluding hydrogens is 1020 g/mol. The van der Waals surface area contributed by atoms with Gasteiger partial charge in [0.1, 0.15) is 57.0 Å². The Labute approximate surface area is 433 Å². The van der Waals surface area contributed by atoms with E-state index in [9.17, 15) is 24.2 Å². The molecular formula is C55H52BrClF2N8O6. The molecule has 0 aliphatic carbocycles. The first kappa shape index (κ1) is 52.3. The van der Waals surface area contributed by atoms with Crippen molar-refractivity contribution in [1.29, 1.82) is 0 Å². The maximum atomic E-state index is 15.4. The Morgan fingerprint density at radius 2 is 1.11 bits per heavy atom. The van der Waals surface area contributed by atoms with Gasteiger partial charge in [0.25, 0.3) is 11.1 Å². The fraction of sp³-hybridized carbons (Fsp3) is 0.273. The number of ether oxygens (including phenoxy) is 2. The fourth-order valence-electron chi connectivity index (χ4n) is 8.35. The molecule has 0 aliphatic rings. The third-order valence-electron chi connectivity index (χ3n) is 12.4. The summed E-state index contributed by atoms with van der Waals surface area (Å²) in [7, 11) is 0. The number of rotatable bonds is 13. The van der Waals surface area contributed by atoms with Gasteiger partial charge in [-0.25, -0.2) is 18.7 Å². The molecule has 8 heterocycles. The van der Waals surface area contributed by atoms with Gasteiger partial charge < -0.3 is 19.7 Å². The van der Waals surface area contributed by atoms with Crippen molar-refractivity contribution in [3.05, 3.63) is 183 Å². The van der Waals surface area contributed by atoms with Crippen molar-refractivity contribution in [1.82, 2.24) is 39.0 Å². The quantitative estimate of drug-likeness (QED) is 0.112. The van der Waals surface area contributed by atoms with E-state index >= 15 is 4.39 Å². The number of aryl methyl sites for hydroxylation is 6. The summed E-state index contributed by atoms with van der Waals surface area (Å²) in [5.41, 5.74) is 5.76. The standard InChI is InChI=1S/C55H52BrClF2N8O6/c1-27-12-13-46(54(8,9)70)64-50(27)38-19-42(29(3)21-60-38)66-31(5)15-44(48(56)52(66)68)72-26-41-37(17-35(59)24-63-41)36-18-47(55(10,11)71)65-51(33(36)7)39-20-43(30(4)22-61-39)67-32(6)16-45(49(57)53(67)69)73-25-40-28(2)14-34(58)23-62-40/h12-24,70-71H,25-26H2,1-11H3. The van der Waals surface area contributed by atoms with E-state index in [1.165, 1.54) is 16.7 Å². The van der Waals surface area contributed by atoms with Crippen LogP contribution >= 0.6 is 27.5 Å². The molecule has 0 aliphatic heterocycles. The zero-order chi connectivity index (χ0) is 53.0. The third-order valence-corrected chi connectivity index (χ3v) is 13.5. The zero-order valence-corrected chi connectivity index (χ0v) is 44.4. The van der Waals surface area contributed by atoms with Crippen molar-refractivity contribution < 1.29 is 28.5 Å². The first-order chi connectivity index (χ1) is 34.3. The topological polar surface area (TPSA) is 180 Å². The lowest BCUT2D eigenvalue weighted by Crippen LogP contribution is -2.23. The molecule has 18 heteroatoms. The second-order valence-electron chi connectivity index (χ2n) is 19.1. The summed E-state index contributed by atoms with van der Waals surface area (Å²) >= 11 is 10.2. The first-order valence-electron chi connectivity index (χ1n) is 23.1. The van der Waals surface area contributed by atoms with E-state index in [-0.39, 0.29) is 39.9 Å². The van der Waals surface area contributed by atoms with Gasteiger partial charge in [0, 0.05) is 41.5 Å². The van der Waals surface area contributed by atoms with Gasteiger partial charge in [-0.3, -0.25) is 38.7 Å². The van der Waals surface area contributed by atoms with Gasteiger partial charge in [-0.05, 0) is 162 Å². The summed E-state index contributed by atoms with van der Waals surface area (Å²) in [6, 6.07) is 14.8. The van der Waals surface area contributed by atoms with E-state index in [1.54, 1.807) is 116 Å². The van der Waals surface area contributed by atoms with Crippen molar-refractivity contribution in [3.8, 4) is 56.8 Å². The number of nitrogens with zero attached hydrogens (tertiary/aromatic N) is 8. The van der Waals surface area contributed by atoms with E-state index in [1.807, 2.05) is 19.9 Å². The van der Waals surface area contributed by atoms with Crippen LogP contribution < -0.4 is 20.6 Å². The molecule has 0 radical (unpaired) electrons. The van der Waals surface area contributed by atoms with Gasteiger partial charge in [-0.1, -0.05) is 17.7 Å². The molecule has 0 amide bonds. The van der Waals surface area contributed by atoms with Crippen LogP contribution in [0.1, 0.15) is 89.7 Å². The Balaban J connectivity index is 1.14. The van der Waals surface area contributed by atoms with E-state index in [0.29, 0.717) is 90.4 Å². The number of aliphatic hydroxyl groups is 2. The summed E-state index contributed by atoms with van der Waals surface area (Å²) in [5.74, 6) is -0.772. The minimum Gasteiger partial charge on any atom is -0.486 e. The predicted octanol–water partition coefficient (Wildman–Crippen LogP) is 10.8. The van der Waals surface area contributed by atoms with Crippen molar-refractivity contribution >= 4 is 27.5 Å². The van der Waals surface area contributed by atoms with E-state index in [4.69, 9.17) is 36.0 Å². The Bertz CT molecular complexity index is 3650. The highest BCUT2D eigenvalue weighted by molar-refractivity contribution is 9.10. The maximum Gasteiger partial charge on any atom is 0.277 e. The van der Waals surface area contributed by atoms with E-state index in [2.05, 4.69) is 30.9 Å². The van der Waals surface area contributed by atoms with Gasteiger partial charge >= 0.3 is 0 Å². The van der Waals surface area contributed by atoms with Gasteiger partial charge in [-0.2, -0.15) is 0 Å². The average molecular weight is 1070 g/mol. The molecule has 376 valence electrons. The maximum absolute atomic E-state index is 15.4. The number of hydrogen-bond acceptors (Lipinski definition) is 12. The van der Waals surface area contributed by atoms with Crippen LogP contribution in [0.4, 0.5) is 8.78 Å². The molecule has 0 unspecified atom stereocenters. The lowest BCUT2D eigenvalue weighted by Gasteiger charge is -2.22. The minimum absolute atomic E-state index is 0.0492. The normalized spacial score (nSPS) is 11.8. The van der Waals surface area contributed by atoms with E-state index in [0.717, 1.165) is 23.5 Å². The SMILES string of the molecule is Cc1cnc(-c2nc(C(C)(C)O)cc(-c3cc(F)cnc3COc3cc(C)n(-c4cc(-c5nc(C(C)(C)O)ccc5C)ncc4C)c(=O)c3Br)c2C)cc1-n1c(C)cc(OCc2ncc(F)cc2C)c(Cl)c1=O. The summed E-state index contributed by atoms with van der Waals surface area (Å²) in [4.78, 5) is 55.9. The van der Waals surface area contributed by atoms with Gasteiger partial charge in [0.05, 0.1) is 69.3 Å². The average Bonchev–Trinajstić information content (AvgIpc) is 3.32. The molecule has 2 N–H and O–H groups in total. The highest BCUT2D eigenvalue weighted by atomic mass is 79.9. The van der Waals surface area contributed by atoms with Crippen molar-refractivity contribution in [2.45, 2.75) is 101 Å². The molecule has 0 saturated heterocycles. The summed E-state index contributed by atoms with van der Waals surface area (Å²) < 4.78 is 44.5.